The number of hydrogen-bond acceptors (Lipinski definition) is 3. The molecule has 0 aliphatic rings. The highest BCUT2D eigenvalue weighted by Crippen LogP contribution is 2.18. The zero-order chi connectivity index (χ0) is 20.0. The summed E-state index contributed by atoms with van der Waals surface area (Å²) in [5.74, 6) is -2.34. The summed E-state index contributed by atoms with van der Waals surface area (Å²) in [6, 6.07) is 7.32. The first-order valence-electron chi connectivity index (χ1n) is 8.38. The SMILES string of the molecule is CCNC(=O)c1ccc(C)c(NC(=O)NCC(O)c2ccc(F)c(F)c2)c1. The van der Waals surface area contributed by atoms with Crippen LogP contribution in [0, 0.1) is 18.6 Å². The average Bonchev–Trinajstić information content (AvgIpc) is 2.64. The van der Waals surface area contributed by atoms with E-state index >= 15 is 0 Å². The number of anilines is 1. The van der Waals surface area contributed by atoms with E-state index in [4.69, 9.17) is 0 Å². The van der Waals surface area contributed by atoms with Gasteiger partial charge in [-0.15, -0.1) is 0 Å². The molecule has 0 aliphatic heterocycles. The van der Waals surface area contributed by atoms with E-state index in [-0.39, 0.29) is 18.0 Å². The van der Waals surface area contributed by atoms with Gasteiger partial charge >= 0.3 is 6.03 Å². The molecule has 0 bridgehead atoms. The van der Waals surface area contributed by atoms with Crippen LogP contribution in [0.25, 0.3) is 0 Å². The standard InChI is InChI=1S/C19H21F2N3O3/c1-3-22-18(26)13-5-4-11(2)16(9-13)24-19(27)23-10-17(25)12-6-7-14(20)15(21)8-12/h4-9,17,25H,3,10H2,1-2H3,(H,22,26)(H2,23,24,27). The molecular formula is C19H21F2N3O3. The number of carbonyl (C=O) groups excluding carboxylic acids is 2. The molecule has 6 nitrogen and oxygen atoms in total. The topological polar surface area (TPSA) is 90.5 Å². The summed E-state index contributed by atoms with van der Waals surface area (Å²) in [6.45, 7) is 3.86. The van der Waals surface area contributed by atoms with Gasteiger partial charge in [-0.05, 0) is 49.2 Å². The zero-order valence-electron chi connectivity index (χ0n) is 15.0. The molecule has 0 spiro atoms. The largest absolute Gasteiger partial charge is 0.387 e. The van der Waals surface area contributed by atoms with E-state index in [1.165, 1.54) is 6.07 Å². The zero-order valence-corrected chi connectivity index (χ0v) is 15.0. The summed E-state index contributed by atoms with van der Waals surface area (Å²) in [5.41, 5.74) is 1.74. The maximum atomic E-state index is 13.2. The fourth-order valence-electron chi connectivity index (χ4n) is 2.35. The summed E-state index contributed by atoms with van der Waals surface area (Å²) in [4.78, 5) is 23.9. The Morgan fingerprint density at radius 2 is 1.81 bits per heavy atom. The van der Waals surface area contributed by atoms with Crippen molar-refractivity contribution < 1.29 is 23.5 Å². The molecule has 2 aromatic carbocycles. The Balaban J connectivity index is 1.98. The molecule has 2 rings (SSSR count). The quantitative estimate of drug-likeness (QED) is 0.624. The van der Waals surface area contributed by atoms with E-state index in [1.54, 1.807) is 32.0 Å². The van der Waals surface area contributed by atoms with Crippen molar-refractivity contribution in [1.29, 1.82) is 0 Å². The second-order valence-corrected chi connectivity index (χ2v) is 5.91. The van der Waals surface area contributed by atoms with Gasteiger partial charge in [0.05, 0.1) is 6.10 Å². The number of nitrogens with one attached hydrogen (secondary N) is 3. The molecule has 0 heterocycles. The predicted molar refractivity (Wildman–Crippen MR) is 97.5 cm³/mol. The first-order chi connectivity index (χ1) is 12.8. The summed E-state index contributed by atoms with van der Waals surface area (Å²) >= 11 is 0. The predicted octanol–water partition coefficient (Wildman–Crippen LogP) is 2.88. The molecule has 1 unspecified atom stereocenters. The van der Waals surface area contributed by atoms with Crippen molar-refractivity contribution in [3.05, 3.63) is 64.7 Å². The molecule has 8 heteroatoms. The lowest BCUT2D eigenvalue weighted by atomic mass is 10.1. The van der Waals surface area contributed by atoms with E-state index < -0.39 is 23.8 Å². The second kappa shape index (κ2) is 9.09. The molecule has 3 amide bonds. The molecule has 0 fully saturated rings. The van der Waals surface area contributed by atoms with Gasteiger partial charge in [0, 0.05) is 24.3 Å². The molecule has 0 aromatic heterocycles. The third-order valence-corrected chi connectivity index (χ3v) is 3.87. The van der Waals surface area contributed by atoms with Crippen molar-refractivity contribution in [1.82, 2.24) is 10.6 Å². The number of rotatable bonds is 6. The van der Waals surface area contributed by atoms with Gasteiger partial charge in [0.25, 0.3) is 5.91 Å². The van der Waals surface area contributed by atoms with Crippen molar-refractivity contribution in [3.8, 4) is 0 Å². The molecule has 0 aliphatic carbocycles. The number of aliphatic hydroxyl groups is 1. The number of amides is 3. The van der Waals surface area contributed by atoms with Gasteiger partial charge < -0.3 is 21.1 Å². The first-order valence-corrected chi connectivity index (χ1v) is 8.38. The minimum Gasteiger partial charge on any atom is -0.387 e. The van der Waals surface area contributed by atoms with Crippen LogP contribution in [0.4, 0.5) is 19.3 Å². The van der Waals surface area contributed by atoms with Crippen LogP contribution in [0.2, 0.25) is 0 Å². The fraction of sp³-hybridized carbons (Fsp3) is 0.263. The van der Waals surface area contributed by atoms with Gasteiger partial charge in [-0.25, -0.2) is 13.6 Å². The average molecular weight is 377 g/mol. The van der Waals surface area contributed by atoms with Crippen molar-refractivity contribution in [2.75, 3.05) is 18.4 Å². The Bertz CT molecular complexity index is 843. The molecule has 0 saturated carbocycles. The van der Waals surface area contributed by atoms with E-state index in [0.29, 0.717) is 17.8 Å². The lowest BCUT2D eigenvalue weighted by Gasteiger charge is -2.14. The molecule has 0 radical (unpaired) electrons. The van der Waals surface area contributed by atoms with Crippen molar-refractivity contribution in [2.45, 2.75) is 20.0 Å². The maximum Gasteiger partial charge on any atom is 0.319 e. The summed E-state index contributed by atoms with van der Waals surface area (Å²) in [5, 5.41) is 17.7. The number of carbonyl (C=O) groups is 2. The fourth-order valence-corrected chi connectivity index (χ4v) is 2.35. The van der Waals surface area contributed by atoms with Crippen LogP contribution in [0.3, 0.4) is 0 Å². The minimum absolute atomic E-state index is 0.142. The highest BCUT2D eigenvalue weighted by molar-refractivity contribution is 5.97. The summed E-state index contributed by atoms with van der Waals surface area (Å²) in [7, 11) is 0. The summed E-state index contributed by atoms with van der Waals surface area (Å²) in [6.07, 6.45) is -1.20. The molecular weight excluding hydrogens is 356 g/mol. The number of benzene rings is 2. The molecule has 2 aromatic rings. The van der Waals surface area contributed by atoms with E-state index in [9.17, 15) is 23.5 Å². The molecule has 144 valence electrons. The lowest BCUT2D eigenvalue weighted by Crippen LogP contribution is -2.32. The number of aryl methyl sites for hydroxylation is 1. The van der Waals surface area contributed by atoms with Gasteiger partial charge in [-0.3, -0.25) is 4.79 Å². The molecule has 0 saturated heterocycles. The Morgan fingerprint density at radius 1 is 1.07 bits per heavy atom. The highest BCUT2D eigenvalue weighted by Gasteiger charge is 2.13. The minimum atomic E-state index is -1.20. The Labute approximate surface area is 155 Å². The molecule has 4 N–H and O–H groups in total. The first kappa shape index (κ1) is 20.3. The lowest BCUT2D eigenvalue weighted by molar-refractivity contribution is 0.0956. The van der Waals surface area contributed by atoms with Crippen LogP contribution in [-0.2, 0) is 0 Å². The monoisotopic (exact) mass is 377 g/mol. The number of halogens is 2. The van der Waals surface area contributed by atoms with E-state index in [0.717, 1.165) is 17.7 Å². The van der Waals surface area contributed by atoms with E-state index in [1.807, 2.05) is 0 Å². The third-order valence-electron chi connectivity index (χ3n) is 3.87. The van der Waals surface area contributed by atoms with Crippen LogP contribution in [0.15, 0.2) is 36.4 Å². The van der Waals surface area contributed by atoms with Crippen molar-refractivity contribution in [2.24, 2.45) is 0 Å². The van der Waals surface area contributed by atoms with Crippen molar-refractivity contribution >= 4 is 17.6 Å². The Hall–Kier alpha value is -3.00. The second-order valence-electron chi connectivity index (χ2n) is 5.91. The van der Waals surface area contributed by atoms with E-state index in [2.05, 4.69) is 16.0 Å². The third kappa shape index (κ3) is 5.49. The Morgan fingerprint density at radius 3 is 2.48 bits per heavy atom. The molecule has 1 atom stereocenters. The van der Waals surface area contributed by atoms with Crippen LogP contribution in [0.1, 0.15) is 34.5 Å². The Kier molecular flexibility index (Phi) is 6.84. The smallest absolute Gasteiger partial charge is 0.319 e. The number of urea groups is 1. The number of aliphatic hydroxyl groups excluding tert-OH is 1. The normalized spacial score (nSPS) is 11.6. The van der Waals surface area contributed by atoms with Gasteiger partial charge in [0.1, 0.15) is 0 Å². The van der Waals surface area contributed by atoms with Crippen molar-refractivity contribution in [3.63, 3.8) is 0 Å². The highest BCUT2D eigenvalue weighted by atomic mass is 19.2. The van der Waals surface area contributed by atoms with Crippen LogP contribution in [0.5, 0.6) is 0 Å². The van der Waals surface area contributed by atoms with Crippen LogP contribution < -0.4 is 16.0 Å². The summed E-state index contributed by atoms with van der Waals surface area (Å²) < 4.78 is 26.1. The van der Waals surface area contributed by atoms with Gasteiger partial charge in [-0.2, -0.15) is 0 Å². The molecule has 27 heavy (non-hydrogen) atoms. The van der Waals surface area contributed by atoms with Gasteiger partial charge in [0.2, 0.25) is 0 Å². The number of hydrogen-bond donors (Lipinski definition) is 4. The van der Waals surface area contributed by atoms with Gasteiger partial charge in [-0.1, -0.05) is 12.1 Å². The van der Waals surface area contributed by atoms with Gasteiger partial charge in [0.15, 0.2) is 11.6 Å². The van der Waals surface area contributed by atoms with Crippen LogP contribution in [-0.4, -0.2) is 30.1 Å². The van der Waals surface area contributed by atoms with Crippen LogP contribution >= 0.6 is 0 Å². The maximum absolute atomic E-state index is 13.2.